The van der Waals surface area contributed by atoms with Crippen LogP contribution in [0.15, 0.2) is 36.5 Å². The highest BCUT2D eigenvalue weighted by Gasteiger charge is 2.25. The number of hydrogen-bond acceptors (Lipinski definition) is 6. The number of aromatic nitrogens is 2. The van der Waals surface area contributed by atoms with Crippen molar-refractivity contribution < 1.29 is 14.5 Å². The van der Waals surface area contributed by atoms with E-state index in [0.717, 1.165) is 6.42 Å². The lowest BCUT2D eigenvalue weighted by molar-refractivity contribution is -0.384. The maximum Gasteiger partial charge on any atom is 0.274 e. The van der Waals surface area contributed by atoms with Crippen LogP contribution in [-0.4, -0.2) is 75.1 Å². The number of nitrogens with zero attached hydrogens (tertiary/aromatic N) is 5. The minimum absolute atomic E-state index is 0.00194. The van der Waals surface area contributed by atoms with Gasteiger partial charge in [0.1, 0.15) is 0 Å². The van der Waals surface area contributed by atoms with Gasteiger partial charge >= 0.3 is 0 Å². The molecule has 3 rings (SSSR count). The lowest BCUT2D eigenvalue weighted by Crippen LogP contribution is -2.51. The molecule has 0 spiro atoms. The predicted molar refractivity (Wildman–Crippen MR) is 110 cm³/mol. The standard InChI is InChI=1S/C20H26N6O4/c1-3-15(2)21-19(27)14-23-10-12-24(13-11-23)20(28)18-8-9-25(22-18)16-4-6-17(7-5-16)26(29)30/h4-9,15H,3,10-14H2,1-2H3,(H,21,27). The van der Waals surface area contributed by atoms with Crippen LogP contribution >= 0.6 is 0 Å². The summed E-state index contributed by atoms with van der Waals surface area (Å²) in [5.74, 6) is -0.162. The van der Waals surface area contributed by atoms with E-state index in [1.807, 2.05) is 18.7 Å². The Kier molecular flexibility index (Phi) is 6.78. The van der Waals surface area contributed by atoms with E-state index in [9.17, 15) is 19.7 Å². The van der Waals surface area contributed by atoms with E-state index in [2.05, 4.69) is 10.4 Å². The molecule has 160 valence electrons. The SMILES string of the molecule is CCC(C)NC(=O)CN1CCN(C(=O)c2ccn(-c3ccc([N+](=O)[O-])cc3)n2)CC1. The Morgan fingerprint density at radius 1 is 1.17 bits per heavy atom. The fourth-order valence-corrected chi connectivity index (χ4v) is 3.21. The minimum atomic E-state index is -0.463. The highest BCUT2D eigenvalue weighted by molar-refractivity contribution is 5.92. The summed E-state index contributed by atoms with van der Waals surface area (Å²) in [5, 5.41) is 18.0. The predicted octanol–water partition coefficient (Wildman–Crippen LogP) is 1.45. The third-order valence-corrected chi connectivity index (χ3v) is 5.18. The second kappa shape index (κ2) is 9.49. The number of benzene rings is 1. The van der Waals surface area contributed by atoms with Crippen LogP contribution < -0.4 is 5.32 Å². The van der Waals surface area contributed by atoms with Gasteiger partial charge in [-0.1, -0.05) is 6.92 Å². The number of piperazine rings is 1. The molecular weight excluding hydrogens is 388 g/mol. The van der Waals surface area contributed by atoms with Crippen molar-refractivity contribution in [2.75, 3.05) is 32.7 Å². The Morgan fingerprint density at radius 2 is 1.83 bits per heavy atom. The molecule has 1 aliphatic heterocycles. The van der Waals surface area contributed by atoms with Crippen LogP contribution in [0, 0.1) is 10.1 Å². The second-order valence-corrected chi connectivity index (χ2v) is 7.36. The van der Waals surface area contributed by atoms with Gasteiger partial charge in [0, 0.05) is 50.6 Å². The van der Waals surface area contributed by atoms with Gasteiger partial charge in [-0.05, 0) is 31.5 Å². The quantitative estimate of drug-likeness (QED) is 0.542. The number of carbonyl (C=O) groups excluding carboxylic acids is 2. The number of rotatable bonds is 7. The smallest absolute Gasteiger partial charge is 0.274 e. The van der Waals surface area contributed by atoms with Gasteiger partial charge in [0.25, 0.3) is 11.6 Å². The van der Waals surface area contributed by atoms with E-state index in [0.29, 0.717) is 44.1 Å². The van der Waals surface area contributed by atoms with Crippen molar-refractivity contribution >= 4 is 17.5 Å². The van der Waals surface area contributed by atoms with Crippen molar-refractivity contribution in [2.24, 2.45) is 0 Å². The lowest BCUT2D eigenvalue weighted by atomic mass is 10.2. The zero-order valence-corrected chi connectivity index (χ0v) is 17.2. The molecule has 1 fully saturated rings. The summed E-state index contributed by atoms with van der Waals surface area (Å²) >= 11 is 0. The number of hydrogen-bond donors (Lipinski definition) is 1. The molecule has 0 bridgehead atoms. The molecule has 30 heavy (non-hydrogen) atoms. The van der Waals surface area contributed by atoms with Crippen molar-refractivity contribution in [2.45, 2.75) is 26.3 Å². The average Bonchev–Trinajstić information content (AvgIpc) is 3.24. The molecule has 1 saturated heterocycles. The van der Waals surface area contributed by atoms with Crippen molar-refractivity contribution in [3.05, 3.63) is 52.3 Å². The molecule has 10 heteroatoms. The first-order valence-corrected chi connectivity index (χ1v) is 9.99. The summed E-state index contributed by atoms with van der Waals surface area (Å²) in [6.07, 6.45) is 2.55. The molecule has 10 nitrogen and oxygen atoms in total. The largest absolute Gasteiger partial charge is 0.353 e. The van der Waals surface area contributed by atoms with E-state index < -0.39 is 4.92 Å². The Hall–Kier alpha value is -3.27. The van der Waals surface area contributed by atoms with Crippen LogP contribution in [-0.2, 0) is 4.79 Å². The number of carbonyl (C=O) groups is 2. The summed E-state index contributed by atoms with van der Waals surface area (Å²) in [7, 11) is 0. The number of non-ortho nitro benzene ring substituents is 1. The molecule has 1 unspecified atom stereocenters. The molecule has 1 aromatic carbocycles. The Labute approximate surface area is 174 Å². The van der Waals surface area contributed by atoms with Gasteiger partial charge in [-0.3, -0.25) is 24.6 Å². The molecule has 0 saturated carbocycles. The number of nitro benzene ring substituents is 1. The molecule has 1 aromatic heterocycles. The van der Waals surface area contributed by atoms with Crippen LogP contribution in [0.25, 0.3) is 5.69 Å². The summed E-state index contributed by atoms with van der Waals surface area (Å²) < 4.78 is 1.52. The summed E-state index contributed by atoms with van der Waals surface area (Å²) in [6, 6.07) is 7.76. The van der Waals surface area contributed by atoms with E-state index in [-0.39, 0.29) is 23.5 Å². The van der Waals surface area contributed by atoms with Crippen LogP contribution in [0.4, 0.5) is 5.69 Å². The highest BCUT2D eigenvalue weighted by atomic mass is 16.6. The first-order valence-electron chi connectivity index (χ1n) is 9.99. The molecular formula is C20H26N6O4. The summed E-state index contributed by atoms with van der Waals surface area (Å²) in [4.78, 5) is 38.9. The third-order valence-electron chi connectivity index (χ3n) is 5.18. The second-order valence-electron chi connectivity index (χ2n) is 7.36. The summed E-state index contributed by atoms with van der Waals surface area (Å²) in [6.45, 7) is 6.65. The molecule has 2 aromatic rings. The van der Waals surface area contributed by atoms with E-state index in [4.69, 9.17) is 0 Å². The normalized spacial score (nSPS) is 15.6. The summed E-state index contributed by atoms with van der Waals surface area (Å²) in [5.41, 5.74) is 0.950. The number of nitrogens with one attached hydrogen (secondary N) is 1. The van der Waals surface area contributed by atoms with Gasteiger partial charge in [0.15, 0.2) is 5.69 Å². The molecule has 1 atom stereocenters. The first kappa shape index (κ1) is 21.4. The van der Waals surface area contributed by atoms with Crippen LogP contribution in [0.3, 0.4) is 0 Å². The topological polar surface area (TPSA) is 114 Å². The van der Waals surface area contributed by atoms with Crippen LogP contribution in [0.5, 0.6) is 0 Å². The number of nitro groups is 1. The maximum atomic E-state index is 12.8. The van der Waals surface area contributed by atoms with E-state index >= 15 is 0 Å². The third kappa shape index (κ3) is 5.20. The molecule has 0 aliphatic carbocycles. The Bertz CT molecular complexity index is 902. The van der Waals surface area contributed by atoms with Gasteiger partial charge in [-0.2, -0.15) is 5.10 Å². The monoisotopic (exact) mass is 414 g/mol. The van der Waals surface area contributed by atoms with Crippen LogP contribution in [0.1, 0.15) is 30.8 Å². The Balaban J connectivity index is 1.54. The van der Waals surface area contributed by atoms with Gasteiger partial charge in [0.2, 0.25) is 5.91 Å². The van der Waals surface area contributed by atoms with Gasteiger partial charge < -0.3 is 10.2 Å². The molecule has 0 radical (unpaired) electrons. The molecule has 1 aliphatic rings. The zero-order chi connectivity index (χ0) is 21.7. The van der Waals surface area contributed by atoms with Crippen molar-refractivity contribution in [3.8, 4) is 5.69 Å². The van der Waals surface area contributed by atoms with Gasteiger partial charge in [-0.25, -0.2) is 4.68 Å². The van der Waals surface area contributed by atoms with Crippen molar-refractivity contribution in [1.82, 2.24) is 24.9 Å². The fourth-order valence-electron chi connectivity index (χ4n) is 3.21. The van der Waals surface area contributed by atoms with Gasteiger partial charge in [0.05, 0.1) is 17.2 Å². The lowest BCUT2D eigenvalue weighted by Gasteiger charge is -2.34. The average molecular weight is 414 g/mol. The zero-order valence-electron chi connectivity index (χ0n) is 17.2. The van der Waals surface area contributed by atoms with E-state index in [1.165, 1.54) is 16.8 Å². The fraction of sp³-hybridized carbons (Fsp3) is 0.450. The molecule has 2 heterocycles. The van der Waals surface area contributed by atoms with Crippen molar-refractivity contribution in [3.63, 3.8) is 0 Å². The van der Waals surface area contributed by atoms with Crippen molar-refractivity contribution in [1.29, 1.82) is 0 Å². The van der Waals surface area contributed by atoms with Crippen LogP contribution in [0.2, 0.25) is 0 Å². The number of amides is 2. The van der Waals surface area contributed by atoms with E-state index in [1.54, 1.807) is 29.3 Å². The molecule has 2 amide bonds. The maximum absolute atomic E-state index is 12.8. The molecule has 1 N–H and O–H groups in total. The van der Waals surface area contributed by atoms with Gasteiger partial charge in [-0.15, -0.1) is 0 Å². The Morgan fingerprint density at radius 3 is 2.43 bits per heavy atom. The first-order chi connectivity index (χ1) is 14.4. The minimum Gasteiger partial charge on any atom is -0.353 e. The highest BCUT2D eigenvalue weighted by Crippen LogP contribution is 2.15.